The van der Waals surface area contributed by atoms with E-state index < -0.39 is 0 Å². The number of carbonyl (C=O) groups is 2. The molecule has 0 heterocycles. The van der Waals surface area contributed by atoms with Crippen LogP contribution in [-0.2, 0) is 31.9 Å². The highest BCUT2D eigenvalue weighted by atomic mass is 16.5. The molecule has 2 unspecified atom stereocenters. The average Bonchev–Trinajstić information content (AvgIpc) is 2.48. The first-order valence-electron chi connectivity index (χ1n) is 7.89. The van der Waals surface area contributed by atoms with Crippen LogP contribution in [0.25, 0.3) is 0 Å². The Labute approximate surface area is 132 Å². The number of hydrogen-bond donors (Lipinski definition) is 0. The van der Waals surface area contributed by atoms with Gasteiger partial charge in [-0.05, 0) is 37.8 Å². The second-order valence-corrected chi connectivity index (χ2v) is 5.53. The maximum absolute atomic E-state index is 11.7. The van der Waals surface area contributed by atoms with Crippen LogP contribution in [0.15, 0.2) is 24.3 Å². The lowest BCUT2D eigenvalue weighted by Crippen LogP contribution is -2.18. The Morgan fingerprint density at radius 3 is 1.68 bits per heavy atom. The summed E-state index contributed by atoms with van der Waals surface area (Å²) in [6.07, 6.45) is 1.28. The predicted molar refractivity (Wildman–Crippen MR) is 85.4 cm³/mol. The fourth-order valence-corrected chi connectivity index (χ4v) is 2.33. The van der Waals surface area contributed by atoms with Gasteiger partial charge in [0.25, 0.3) is 0 Å². The SMILES string of the molecule is CCOC(=O)C(C)Cc1cccc(CC(C)C(=O)OCC)c1. The third-order valence-electron chi connectivity index (χ3n) is 3.45. The minimum absolute atomic E-state index is 0.169. The van der Waals surface area contributed by atoms with E-state index in [1.807, 2.05) is 52.0 Å². The first kappa shape index (κ1) is 18.2. The number of esters is 2. The summed E-state index contributed by atoms with van der Waals surface area (Å²) < 4.78 is 10.1. The largest absolute Gasteiger partial charge is 0.466 e. The Morgan fingerprint density at radius 2 is 1.32 bits per heavy atom. The lowest BCUT2D eigenvalue weighted by atomic mass is 9.96. The molecule has 0 aliphatic heterocycles. The predicted octanol–water partition coefficient (Wildman–Crippen LogP) is 3.17. The molecule has 0 N–H and O–H groups in total. The van der Waals surface area contributed by atoms with Crippen LogP contribution in [0, 0.1) is 11.8 Å². The molecule has 4 nitrogen and oxygen atoms in total. The average molecular weight is 306 g/mol. The third-order valence-corrected chi connectivity index (χ3v) is 3.45. The van der Waals surface area contributed by atoms with E-state index in [0.29, 0.717) is 26.1 Å². The molecule has 0 saturated carbocycles. The summed E-state index contributed by atoms with van der Waals surface area (Å²) in [6.45, 7) is 8.16. The first-order valence-corrected chi connectivity index (χ1v) is 7.89. The Morgan fingerprint density at radius 1 is 0.909 bits per heavy atom. The normalized spacial score (nSPS) is 13.3. The molecule has 4 heteroatoms. The first-order chi connectivity index (χ1) is 10.5. The van der Waals surface area contributed by atoms with Crippen LogP contribution in [-0.4, -0.2) is 25.2 Å². The second kappa shape index (κ2) is 9.23. The fraction of sp³-hybridized carbons (Fsp3) is 0.556. The van der Waals surface area contributed by atoms with Gasteiger partial charge in [-0.2, -0.15) is 0 Å². The summed E-state index contributed by atoms with van der Waals surface area (Å²) in [5.74, 6) is -0.684. The summed E-state index contributed by atoms with van der Waals surface area (Å²) in [5.41, 5.74) is 2.16. The number of hydrogen-bond acceptors (Lipinski definition) is 4. The number of rotatable bonds is 8. The highest BCUT2D eigenvalue weighted by Crippen LogP contribution is 2.16. The molecule has 122 valence electrons. The van der Waals surface area contributed by atoms with Gasteiger partial charge in [0.1, 0.15) is 0 Å². The van der Waals surface area contributed by atoms with Crippen molar-refractivity contribution in [2.75, 3.05) is 13.2 Å². The zero-order chi connectivity index (χ0) is 16.5. The van der Waals surface area contributed by atoms with Gasteiger partial charge in [0, 0.05) is 0 Å². The molecule has 1 aromatic rings. The number of benzene rings is 1. The van der Waals surface area contributed by atoms with Gasteiger partial charge in [-0.15, -0.1) is 0 Å². The van der Waals surface area contributed by atoms with E-state index in [1.165, 1.54) is 0 Å². The van der Waals surface area contributed by atoms with Crippen LogP contribution in [0.4, 0.5) is 0 Å². The summed E-state index contributed by atoms with van der Waals surface area (Å²) in [5, 5.41) is 0. The summed E-state index contributed by atoms with van der Waals surface area (Å²) >= 11 is 0. The molecule has 0 spiro atoms. The molecule has 0 bridgehead atoms. The second-order valence-electron chi connectivity index (χ2n) is 5.53. The maximum atomic E-state index is 11.7. The molecule has 0 fully saturated rings. The van der Waals surface area contributed by atoms with Crippen molar-refractivity contribution in [2.24, 2.45) is 11.8 Å². The number of ether oxygens (including phenoxy) is 2. The van der Waals surface area contributed by atoms with E-state index >= 15 is 0 Å². The monoisotopic (exact) mass is 306 g/mol. The molecule has 0 radical (unpaired) electrons. The van der Waals surface area contributed by atoms with Crippen LogP contribution in [0.5, 0.6) is 0 Å². The molecule has 0 saturated heterocycles. The van der Waals surface area contributed by atoms with Crippen molar-refractivity contribution >= 4 is 11.9 Å². The van der Waals surface area contributed by atoms with Gasteiger partial charge in [0.15, 0.2) is 0 Å². The smallest absolute Gasteiger partial charge is 0.308 e. The summed E-state index contributed by atoms with van der Waals surface area (Å²) in [6, 6.07) is 7.99. The van der Waals surface area contributed by atoms with Crippen molar-refractivity contribution in [3.8, 4) is 0 Å². The lowest BCUT2D eigenvalue weighted by molar-refractivity contribution is -0.148. The van der Waals surface area contributed by atoms with Crippen LogP contribution in [0.2, 0.25) is 0 Å². The molecule has 22 heavy (non-hydrogen) atoms. The van der Waals surface area contributed by atoms with Crippen LogP contribution < -0.4 is 0 Å². The van der Waals surface area contributed by atoms with Crippen molar-refractivity contribution < 1.29 is 19.1 Å². The van der Waals surface area contributed by atoms with Gasteiger partial charge in [0.05, 0.1) is 25.0 Å². The quantitative estimate of drug-likeness (QED) is 0.692. The van der Waals surface area contributed by atoms with Crippen molar-refractivity contribution in [2.45, 2.75) is 40.5 Å². The van der Waals surface area contributed by atoms with Crippen molar-refractivity contribution in [1.82, 2.24) is 0 Å². The minimum Gasteiger partial charge on any atom is -0.466 e. The summed E-state index contributed by atoms with van der Waals surface area (Å²) in [7, 11) is 0. The van der Waals surface area contributed by atoms with Crippen molar-refractivity contribution in [1.29, 1.82) is 0 Å². The highest BCUT2D eigenvalue weighted by Gasteiger charge is 2.17. The zero-order valence-electron chi connectivity index (χ0n) is 13.9. The van der Waals surface area contributed by atoms with Crippen LogP contribution in [0.1, 0.15) is 38.8 Å². The van der Waals surface area contributed by atoms with E-state index in [0.717, 1.165) is 11.1 Å². The molecule has 0 aromatic heterocycles. The van der Waals surface area contributed by atoms with Gasteiger partial charge in [-0.3, -0.25) is 9.59 Å². The van der Waals surface area contributed by atoms with Crippen molar-refractivity contribution in [3.05, 3.63) is 35.4 Å². The van der Waals surface area contributed by atoms with Crippen LogP contribution >= 0.6 is 0 Å². The molecule has 0 aliphatic rings. The minimum atomic E-state index is -0.173. The highest BCUT2D eigenvalue weighted by molar-refractivity contribution is 5.73. The Hall–Kier alpha value is -1.84. The summed E-state index contributed by atoms with van der Waals surface area (Å²) in [4.78, 5) is 23.4. The van der Waals surface area contributed by atoms with E-state index in [9.17, 15) is 9.59 Å². The van der Waals surface area contributed by atoms with Gasteiger partial charge >= 0.3 is 11.9 Å². The van der Waals surface area contributed by atoms with E-state index in [4.69, 9.17) is 9.47 Å². The molecular formula is C18H26O4. The Kier molecular flexibility index (Phi) is 7.64. The molecular weight excluding hydrogens is 280 g/mol. The van der Waals surface area contributed by atoms with E-state index in [-0.39, 0.29) is 23.8 Å². The lowest BCUT2D eigenvalue weighted by Gasteiger charge is -2.13. The standard InChI is InChI=1S/C18H26O4/c1-5-21-17(19)13(3)10-15-8-7-9-16(12-15)11-14(4)18(20)22-6-2/h7-9,12-14H,5-6,10-11H2,1-4H3. The Bertz CT molecular complexity index is 454. The van der Waals surface area contributed by atoms with E-state index in [2.05, 4.69) is 0 Å². The molecule has 0 aliphatic carbocycles. The number of carbonyl (C=O) groups excluding carboxylic acids is 2. The molecule has 2 atom stereocenters. The fourth-order valence-electron chi connectivity index (χ4n) is 2.33. The zero-order valence-corrected chi connectivity index (χ0v) is 13.9. The van der Waals surface area contributed by atoms with Gasteiger partial charge < -0.3 is 9.47 Å². The van der Waals surface area contributed by atoms with Gasteiger partial charge in [0.2, 0.25) is 0 Å². The van der Waals surface area contributed by atoms with Gasteiger partial charge in [-0.1, -0.05) is 38.1 Å². The van der Waals surface area contributed by atoms with Gasteiger partial charge in [-0.25, -0.2) is 0 Å². The molecule has 0 amide bonds. The Balaban J connectivity index is 2.66. The van der Waals surface area contributed by atoms with Crippen molar-refractivity contribution in [3.63, 3.8) is 0 Å². The van der Waals surface area contributed by atoms with Crippen LogP contribution in [0.3, 0.4) is 0 Å². The van der Waals surface area contributed by atoms with E-state index in [1.54, 1.807) is 0 Å². The molecule has 1 rings (SSSR count). The maximum Gasteiger partial charge on any atom is 0.308 e. The topological polar surface area (TPSA) is 52.6 Å². The molecule has 1 aromatic carbocycles. The third kappa shape index (κ3) is 5.88.